The number of anilines is 1. The first-order chi connectivity index (χ1) is 15.0. The molecule has 162 valence electrons. The van der Waals surface area contributed by atoms with Crippen LogP contribution < -0.4 is 5.32 Å². The Balaban J connectivity index is 1.51. The predicted molar refractivity (Wildman–Crippen MR) is 135 cm³/mol. The van der Waals surface area contributed by atoms with Crippen molar-refractivity contribution in [2.24, 2.45) is 9.98 Å². The fourth-order valence-corrected chi connectivity index (χ4v) is 5.08. The molecule has 1 fully saturated rings. The number of hydrogen-bond acceptors (Lipinski definition) is 5. The Kier molecular flexibility index (Phi) is 7.16. The van der Waals surface area contributed by atoms with Gasteiger partial charge in [0.2, 0.25) is 5.91 Å². The van der Waals surface area contributed by atoms with Crippen molar-refractivity contribution in [1.82, 2.24) is 4.90 Å². The van der Waals surface area contributed by atoms with Crippen LogP contribution in [0.25, 0.3) is 0 Å². The monoisotopic (exact) mass is 518 g/mol. The molecule has 0 radical (unpaired) electrons. The molecule has 2 heterocycles. The van der Waals surface area contributed by atoms with Gasteiger partial charge in [-0.2, -0.15) is 0 Å². The quantitative estimate of drug-likeness (QED) is 0.568. The van der Waals surface area contributed by atoms with Gasteiger partial charge in [-0.05, 0) is 30.8 Å². The maximum Gasteiger partial charge on any atom is 0.234 e. The zero-order valence-corrected chi connectivity index (χ0v) is 20.4. The van der Waals surface area contributed by atoms with Gasteiger partial charge in [-0.3, -0.25) is 9.79 Å². The van der Waals surface area contributed by atoms with Gasteiger partial charge in [0.1, 0.15) is 5.04 Å². The van der Waals surface area contributed by atoms with Crippen LogP contribution >= 0.6 is 39.3 Å². The zero-order chi connectivity index (χ0) is 21.8. The van der Waals surface area contributed by atoms with Crippen LogP contribution in [0.3, 0.4) is 0 Å². The molecule has 4 rings (SSSR count). The van der Waals surface area contributed by atoms with Crippen LogP contribution in [0.5, 0.6) is 0 Å². The number of carbonyl (C=O) groups excluding carboxylic acids is 1. The van der Waals surface area contributed by atoms with Crippen LogP contribution in [0.1, 0.15) is 25.3 Å². The Labute approximate surface area is 200 Å². The molecule has 2 aliphatic rings. The maximum atomic E-state index is 12.6. The van der Waals surface area contributed by atoms with E-state index in [1.807, 2.05) is 36.4 Å². The van der Waals surface area contributed by atoms with Crippen LogP contribution in [0, 0.1) is 0 Å². The van der Waals surface area contributed by atoms with Crippen molar-refractivity contribution in [3.63, 3.8) is 0 Å². The Morgan fingerprint density at radius 3 is 2.55 bits per heavy atom. The number of aliphatic imine (C=N–C) groups is 2. The molecule has 2 aliphatic heterocycles. The molecule has 1 spiro atoms. The van der Waals surface area contributed by atoms with E-state index in [4.69, 9.17) is 21.6 Å². The van der Waals surface area contributed by atoms with E-state index in [1.54, 1.807) is 12.1 Å². The Morgan fingerprint density at radius 2 is 1.87 bits per heavy atom. The summed E-state index contributed by atoms with van der Waals surface area (Å²) in [4.78, 5) is 25.1. The summed E-state index contributed by atoms with van der Waals surface area (Å²) < 4.78 is 1.02. The van der Waals surface area contributed by atoms with E-state index in [9.17, 15) is 4.79 Å². The van der Waals surface area contributed by atoms with Gasteiger partial charge in [0.05, 0.1) is 22.2 Å². The lowest BCUT2D eigenvalue weighted by atomic mass is 9.98. The third kappa shape index (κ3) is 5.40. The van der Waals surface area contributed by atoms with Gasteiger partial charge < -0.3 is 10.2 Å². The third-order valence-corrected chi connectivity index (χ3v) is 7.36. The summed E-state index contributed by atoms with van der Waals surface area (Å²) in [5.41, 5.74) is 2.12. The first-order valence-corrected chi connectivity index (χ1v) is 12.5. The topological polar surface area (TPSA) is 57.1 Å². The van der Waals surface area contributed by atoms with E-state index in [-0.39, 0.29) is 11.7 Å². The van der Waals surface area contributed by atoms with Gasteiger partial charge in [0.15, 0.2) is 5.66 Å². The van der Waals surface area contributed by atoms with Crippen molar-refractivity contribution < 1.29 is 4.79 Å². The highest BCUT2D eigenvalue weighted by atomic mass is 79.9. The molecule has 8 heteroatoms. The van der Waals surface area contributed by atoms with Crippen molar-refractivity contribution in [2.45, 2.75) is 25.4 Å². The number of carbonyl (C=O) groups is 1. The number of halogens is 2. The summed E-state index contributed by atoms with van der Waals surface area (Å²) in [6.45, 7) is 5.21. The van der Waals surface area contributed by atoms with E-state index in [1.165, 1.54) is 11.8 Å². The minimum Gasteiger partial charge on any atom is -0.324 e. The van der Waals surface area contributed by atoms with Crippen LogP contribution in [-0.4, -0.2) is 52.6 Å². The first kappa shape index (κ1) is 22.5. The molecular formula is C23H24BrClN4OS. The number of para-hydroxylation sites is 1. The average molecular weight is 520 g/mol. The van der Waals surface area contributed by atoms with Crippen LogP contribution in [-0.2, 0) is 4.79 Å². The van der Waals surface area contributed by atoms with Crippen LogP contribution in [0.4, 0.5) is 5.69 Å². The molecule has 5 nitrogen and oxygen atoms in total. The van der Waals surface area contributed by atoms with Crippen LogP contribution in [0.15, 0.2) is 63.0 Å². The van der Waals surface area contributed by atoms with E-state index in [2.05, 4.69) is 33.1 Å². The van der Waals surface area contributed by atoms with Gasteiger partial charge >= 0.3 is 0 Å². The highest BCUT2D eigenvalue weighted by molar-refractivity contribution is 9.10. The summed E-state index contributed by atoms with van der Waals surface area (Å²) in [7, 11) is 0. The molecule has 31 heavy (non-hydrogen) atoms. The standard InChI is InChI=1S/C23H24BrClN4OS/c1-2-29-13-11-23(12-14-29)27-21(16-7-9-17(24)10-8-16)22(28-23)31-15-20(30)26-19-6-4-3-5-18(19)25/h3-10H,2,11-15H2,1H3,(H,26,30). The largest absolute Gasteiger partial charge is 0.324 e. The number of nitrogens with one attached hydrogen (secondary N) is 1. The normalized spacial score (nSPS) is 18.0. The number of nitrogens with zero attached hydrogens (tertiary/aromatic N) is 3. The molecule has 0 atom stereocenters. The molecule has 0 unspecified atom stereocenters. The molecule has 2 aromatic rings. The molecule has 1 amide bonds. The van der Waals surface area contributed by atoms with Crippen LogP contribution in [0.2, 0.25) is 5.02 Å². The maximum absolute atomic E-state index is 12.6. The Morgan fingerprint density at radius 1 is 1.16 bits per heavy atom. The number of hydrogen-bond donors (Lipinski definition) is 1. The fraction of sp³-hybridized carbons (Fsp3) is 0.348. The van der Waals surface area contributed by atoms with Crippen molar-refractivity contribution in [3.8, 4) is 0 Å². The highest BCUT2D eigenvalue weighted by Crippen LogP contribution is 2.35. The molecule has 0 aromatic heterocycles. The number of thioether (sulfide) groups is 1. The van der Waals surface area contributed by atoms with Gasteiger partial charge in [-0.15, -0.1) is 0 Å². The SMILES string of the molecule is CCN1CCC2(CC1)N=C(SCC(=O)Nc1ccccc1Cl)C(c1ccc(Br)cc1)=N2. The number of piperidine rings is 1. The molecule has 0 bridgehead atoms. The van der Waals surface area contributed by atoms with Gasteiger partial charge in [-0.1, -0.05) is 70.5 Å². The predicted octanol–water partition coefficient (Wildman–Crippen LogP) is 5.49. The summed E-state index contributed by atoms with van der Waals surface area (Å²) in [5, 5.41) is 4.24. The number of likely N-dealkylation sites (tertiary alicyclic amines) is 1. The Bertz CT molecular complexity index is 1020. The van der Waals surface area contributed by atoms with E-state index >= 15 is 0 Å². The van der Waals surface area contributed by atoms with Gasteiger partial charge in [0.25, 0.3) is 0 Å². The van der Waals surface area contributed by atoms with E-state index < -0.39 is 5.66 Å². The van der Waals surface area contributed by atoms with E-state index in [0.29, 0.717) is 10.7 Å². The zero-order valence-electron chi connectivity index (χ0n) is 17.3. The number of benzene rings is 2. The van der Waals surface area contributed by atoms with Crippen molar-refractivity contribution in [1.29, 1.82) is 0 Å². The number of rotatable bonds is 5. The number of amides is 1. The second-order valence-corrected chi connectivity index (χ2v) is 9.90. The smallest absolute Gasteiger partial charge is 0.234 e. The summed E-state index contributed by atoms with van der Waals surface area (Å²) in [6, 6.07) is 15.3. The lowest BCUT2D eigenvalue weighted by molar-refractivity contribution is -0.113. The van der Waals surface area contributed by atoms with Crippen molar-refractivity contribution >= 4 is 61.6 Å². The lowest BCUT2D eigenvalue weighted by Crippen LogP contribution is -2.41. The molecule has 0 saturated carbocycles. The summed E-state index contributed by atoms with van der Waals surface area (Å²) in [5.74, 6) is 0.134. The second-order valence-electron chi connectivity index (χ2n) is 7.62. The molecule has 1 saturated heterocycles. The lowest BCUT2D eigenvalue weighted by Gasteiger charge is -2.34. The summed E-state index contributed by atoms with van der Waals surface area (Å²) in [6.07, 6.45) is 1.80. The molecular weight excluding hydrogens is 496 g/mol. The minimum absolute atomic E-state index is 0.113. The van der Waals surface area contributed by atoms with Gasteiger partial charge in [-0.25, -0.2) is 4.99 Å². The van der Waals surface area contributed by atoms with E-state index in [0.717, 1.165) is 53.3 Å². The average Bonchev–Trinajstić information content (AvgIpc) is 3.13. The summed E-state index contributed by atoms with van der Waals surface area (Å²) >= 11 is 11.1. The molecule has 2 aromatic carbocycles. The minimum atomic E-state index is -0.407. The van der Waals surface area contributed by atoms with Gasteiger partial charge in [0, 0.05) is 36.0 Å². The fourth-order valence-electron chi connectivity index (χ4n) is 3.75. The first-order valence-electron chi connectivity index (χ1n) is 10.3. The molecule has 1 N–H and O–H groups in total. The van der Waals surface area contributed by atoms with Crippen molar-refractivity contribution in [3.05, 3.63) is 63.6 Å². The Hall–Kier alpha value is -1.67. The highest BCUT2D eigenvalue weighted by Gasteiger charge is 2.39. The third-order valence-electron chi connectivity index (χ3n) is 5.54. The van der Waals surface area contributed by atoms with Crippen molar-refractivity contribution in [2.75, 3.05) is 30.7 Å². The molecule has 0 aliphatic carbocycles. The second kappa shape index (κ2) is 9.86.